The Morgan fingerprint density at radius 1 is 0.500 bits per heavy atom. The molecule has 0 aromatic rings. The number of allylic oxidation sites excluding steroid dienone is 14. The molecule has 0 saturated heterocycles. The summed E-state index contributed by atoms with van der Waals surface area (Å²) in [6.07, 6.45) is 52.1. The second-order valence-corrected chi connectivity index (χ2v) is 12.3. The van der Waals surface area contributed by atoms with E-state index in [-0.39, 0.29) is 25.2 Å². The third-order valence-electron chi connectivity index (χ3n) is 7.67. The first-order chi connectivity index (χ1) is 23.6. The molecule has 48 heavy (non-hydrogen) atoms. The van der Waals surface area contributed by atoms with Crippen LogP contribution in [0.1, 0.15) is 155 Å². The summed E-state index contributed by atoms with van der Waals surface area (Å²) in [6.45, 7) is 3.93. The summed E-state index contributed by atoms with van der Waals surface area (Å²) in [4.78, 5) is 24.2. The summed E-state index contributed by atoms with van der Waals surface area (Å²) in [6, 6.07) is 0. The van der Waals surface area contributed by atoms with E-state index >= 15 is 0 Å². The van der Waals surface area contributed by atoms with E-state index in [1.54, 1.807) is 0 Å². The van der Waals surface area contributed by atoms with Gasteiger partial charge >= 0.3 is 11.9 Å². The van der Waals surface area contributed by atoms with Crippen LogP contribution < -0.4 is 0 Å². The SMILES string of the molecule is CCC=CCC=CCC=CCC=CCC=CCCCCCC(=O)O[C@@H](CO)COC(=O)CCCCCCCC=CCC=CCCCCC. The number of hydrogen-bond acceptors (Lipinski definition) is 5. The van der Waals surface area contributed by atoms with Crippen molar-refractivity contribution >= 4 is 11.9 Å². The lowest BCUT2D eigenvalue weighted by molar-refractivity contribution is -0.161. The van der Waals surface area contributed by atoms with E-state index in [0.29, 0.717) is 12.8 Å². The van der Waals surface area contributed by atoms with E-state index in [1.165, 1.54) is 32.1 Å². The van der Waals surface area contributed by atoms with Crippen LogP contribution in [0.25, 0.3) is 0 Å². The molecule has 1 N–H and O–H groups in total. The molecule has 0 radical (unpaired) electrons. The average molecular weight is 667 g/mol. The monoisotopic (exact) mass is 667 g/mol. The highest BCUT2D eigenvalue weighted by Crippen LogP contribution is 2.10. The molecular formula is C43H70O5. The Bertz CT molecular complexity index is 937. The number of aliphatic hydroxyl groups excluding tert-OH is 1. The van der Waals surface area contributed by atoms with Gasteiger partial charge in [0.15, 0.2) is 6.10 Å². The Morgan fingerprint density at radius 2 is 0.896 bits per heavy atom. The van der Waals surface area contributed by atoms with Crippen molar-refractivity contribution in [1.29, 1.82) is 0 Å². The molecule has 0 amide bonds. The van der Waals surface area contributed by atoms with Crippen LogP contribution in [-0.2, 0) is 19.1 Å². The standard InChI is InChI=1S/C43H70O5/c1-3-5-7-9-11-13-15-17-19-20-21-22-24-26-28-30-32-34-36-38-43(46)48-41(39-44)40-47-42(45)37-35-33-31-29-27-25-23-18-16-14-12-10-8-6-4-2/h5,7,11-14,17-19,21-23,26,28,41,44H,3-4,6,8-10,15-16,20,24-25,27,29-40H2,1-2H3/t41-/m0/s1. The second kappa shape index (κ2) is 38.5. The third kappa shape index (κ3) is 35.9. The molecule has 5 nitrogen and oxygen atoms in total. The Kier molecular flexibility index (Phi) is 36.2. The van der Waals surface area contributed by atoms with Gasteiger partial charge in [0.05, 0.1) is 6.61 Å². The van der Waals surface area contributed by atoms with Gasteiger partial charge in [-0.1, -0.05) is 137 Å². The third-order valence-corrected chi connectivity index (χ3v) is 7.67. The number of carbonyl (C=O) groups excluding carboxylic acids is 2. The van der Waals surface area contributed by atoms with Gasteiger partial charge in [-0.3, -0.25) is 9.59 Å². The minimum absolute atomic E-state index is 0.0919. The van der Waals surface area contributed by atoms with Crippen molar-refractivity contribution in [3.8, 4) is 0 Å². The minimum atomic E-state index is -0.799. The van der Waals surface area contributed by atoms with E-state index in [0.717, 1.165) is 96.3 Å². The number of aliphatic hydroxyl groups is 1. The van der Waals surface area contributed by atoms with Gasteiger partial charge < -0.3 is 14.6 Å². The zero-order valence-corrected chi connectivity index (χ0v) is 30.7. The maximum atomic E-state index is 12.2. The highest BCUT2D eigenvalue weighted by molar-refractivity contribution is 5.70. The van der Waals surface area contributed by atoms with Gasteiger partial charge in [-0.15, -0.1) is 0 Å². The van der Waals surface area contributed by atoms with E-state index < -0.39 is 6.10 Å². The van der Waals surface area contributed by atoms with E-state index in [2.05, 4.69) is 98.9 Å². The number of carbonyl (C=O) groups is 2. The maximum Gasteiger partial charge on any atom is 0.306 e. The molecule has 0 fully saturated rings. The minimum Gasteiger partial charge on any atom is -0.462 e. The summed E-state index contributed by atoms with van der Waals surface area (Å²) < 4.78 is 10.6. The lowest BCUT2D eigenvalue weighted by Crippen LogP contribution is -2.28. The Labute approximate surface area is 295 Å². The number of ether oxygens (including phenoxy) is 2. The fourth-order valence-corrected chi connectivity index (χ4v) is 4.78. The lowest BCUT2D eigenvalue weighted by Gasteiger charge is -2.15. The molecule has 0 heterocycles. The van der Waals surface area contributed by atoms with Crippen LogP contribution in [0, 0.1) is 0 Å². The van der Waals surface area contributed by atoms with Crippen molar-refractivity contribution in [3.05, 3.63) is 85.1 Å². The average Bonchev–Trinajstić information content (AvgIpc) is 3.09. The van der Waals surface area contributed by atoms with E-state index in [4.69, 9.17) is 9.47 Å². The van der Waals surface area contributed by atoms with Gasteiger partial charge in [-0.25, -0.2) is 0 Å². The smallest absolute Gasteiger partial charge is 0.306 e. The summed E-state index contributed by atoms with van der Waals surface area (Å²) >= 11 is 0. The molecule has 0 aliphatic carbocycles. The van der Waals surface area contributed by atoms with Crippen molar-refractivity contribution < 1.29 is 24.2 Å². The number of unbranched alkanes of at least 4 members (excludes halogenated alkanes) is 11. The van der Waals surface area contributed by atoms with Crippen LogP contribution in [0.3, 0.4) is 0 Å². The molecule has 0 aliphatic rings. The van der Waals surface area contributed by atoms with Crippen LogP contribution in [0.2, 0.25) is 0 Å². The summed E-state index contributed by atoms with van der Waals surface area (Å²) in [5.74, 6) is -0.654. The van der Waals surface area contributed by atoms with Crippen LogP contribution in [0.15, 0.2) is 85.1 Å². The first-order valence-corrected chi connectivity index (χ1v) is 19.1. The van der Waals surface area contributed by atoms with Crippen LogP contribution >= 0.6 is 0 Å². The molecular weight excluding hydrogens is 596 g/mol. The molecule has 0 aliphatic heterocycles. The van der Waals surface area contributed by atoms with Crippen LogP contribution in [-0.4, -0.2) is 36.4 Å². The van der Waals surface area contributed by atoms with E-state index in [9.17, 15) is 14.7 Å². The molecule has 1 atom stereocenters. The van der Waals surface area contributed by atoms with Crippen molar-refractivity contribution in [2.75, 3.05) is 13.2 Å². The van der Waals surface area contributed by atoms with Crippen LogP contribution in [0.4, 0.5) is 0 Å². The number of rotatable bonds is 33. The predicted molar refractivity (Wildman–Crippen MR) is 205 cm³/mol. The molecule has 0 rings (SSSR count). The van der Waals surface area contributed by atoms with Crippen molar-refractivity contribution in [3.63, 3.8) is 0 Å². The largest absolute Gasteiger partial charge is 0.462 e. The quantitative estimate of drug-likeness (QED) is 0.0429. The molecule has 0 spiro atoms. The summed E-state index contributed by atoms with van der Waals surface area (Å²) in [7, 11) is 0. The van der Waals surface area contributed by atoms with Crippen molar-refractivity contribution in [1.82, 2.24) is 0 Å². The summed E-state index contributed by atoms with van der Waals surface area (Å²) in [5.41, 5.74) is 0. The number of esters is 2. The molecule has 0 aromatic heterocycles. The maximum absolute atomic E-state index is 12.2. The molecule has 272 valence electrons. The first-order valence-electron chi connectivity index (χ1n) is 19.1. The fourth-order valence-electron chi connectivity index (χ4n) is 4.78. The summed E-state index contributed by atoms with van der Waals surface area (Å²) in [5, 5.41) is 9.54. The van der Waals surface area contributed by atoms with Gasteiger partial charge in [0.2, 0.25) is 0 Å². The van der Waals surface area contributed by atoms with Gasteiger partial charge in [0.25, 0.3) is 0 Å². The Hall–Kier alpha value is -2.92. The van der Waals surface area contributed by atoms with Gasteiger partial charge in [0.1, 0.15) is 6.61 Å². The highest BCUT2D eigenvalue weighted by Gasteiger charge is 2.16. The zero-order chi connectivity index (χ0) is 35.0. The zero-order valence-electron chi connectivity index (χ0n) is 30.7. The normalized spacial score (nSPS) is 13.1. The molecule has 0 unspecified atom stereocenters. The first kappa shape index (κ1) is 45.1. The van der Waals surface area contributed by atoms with Crippen LogP contribution in [0.5, 0.6) is 0 Å². The van der Waals surface area contributed by atoms with Crippen molar-refractivity contribution in [2.24, 2.45) is 0 Å². The van der Waals surface area contributed by atoms with E-state index in [1.807, 2.05) is 0 Å². The highest BCUT2D eigenvalue weighted by atomic mass is 16.6. The van der Waals surface area contributed by atoms with Gasteiger partial charge in [-0.05, 0) is 89.9 Å². The lowest BCUT2D eigenvalue weighted by atomic mass is 10.1. The van der Waals surface area contributed by atoms with Crippen molar-refractivity contribution in [2.45, 2.75) is 161 Å². The second-order valence-electron chi connectivity index (χ2n) is 12.3. The molecule has 0 saturated carbocycles. The predicted octanol–water partition coefficient (Wildman–Crippen LogP) is 11.9. The Morgan fingerprint density at radius 3 is 1.38 bits per heavy atom. The topological polar surface area (TPSA) is 72.8 Å². The molecule has 5 heteroatoms. The molecule has 0 aromatic carbocycles. The number of hydrogen-bond donors (Lipinski definition) is 1. The van der Waals surface area contributed by atoms with Gasteiger partial charge in [-0.2, -0.15) is 0 Å². The Balaban J connectivity index is 3.70. The van der Waals surface area contributed by atoms with Gasteiger partial charge in [0, 0.05) is 12.8 Å². The molecule has 0 bridgehead atoms. The fraction of sp³-hybridized carbons (Fsp3) is 0.628.